The number of rotatable bonds is 3. The van der Waals surface area contributed by atoms with E-state index >= 15 is 0 Å². The molecule has 0 bridgehead atoms. The van der Waals surface area contributed by atoms with Crippen molar-refractivity contribution < 1.29 is 5.11 Å². The first-order valence-corrected chi connectivity index (χ1v) is 8.15. The van der Waals surface area contributed by atoms with E-state index in [-0.39, 0.29) is 6.61 Å². The van der Waals surface area contributed by atoms with Crippen molar-refractivity contribution in [1.29, 1.82) is 0 Å². The summed E-state index contributed by atoms with van der Waals surface area (Å²) in [6.45, 7) is 2.14. The number of aryl methyl sites for hydroxylation is 1. The van der Waals surface area contributed by atoms with Crippen molar-refractivity contribution in [2.75, 3.05) is 5.32 Å². The van der Waals surface area contributed by atoms with Crippen LogP contribution in [0.5, 0.6) is 0 Å². The Labute approximate surface area is 141 Å². The summed E-state index contributed by atoms with van der Waals surface area (Å²) in [7, 11) is 0. The minimum Gasteiger partial charge on any atom is -0.392 e. The van der Waals surface area contributed by atoms with Crippen molar-refractivity contribution in [3.8, 4) is 0 Å². The number of aliphatic hydroxyl groups excluding tert-OH is 1. The molecule has 0 saturated heterocycles. The van der Waals surface area contributed by atoms with Crippen LogP contribution in [0.4, 0.5) is 11.4 Å². The molecule has 0 aliphatic carbocycles. The average molecular weight is 313 g/mol. The number of aliphatic hydroxyl groups is 1. The Bertz CT molecular complexity index is 979. The Morgan fingerprint density at radius 1 is 0.708 bits per heavy atom. The van der Waals surface area contributed by atoms with Gasteiger partial charge < -0.3 is 10.4 Å². The molecular weight excluding hydrogens is 294 g/mol. The summed E-state index contributed by atoms with van der Waals surface area (Å²) < 4.78 is 0. The van der Waals surface area contributed by atoms with Gasteiger partial charge in [-0.2, -0.15) is 0 Å². The second-order valence-electron chi connectivity index (χ2n) is 6.04. The number of para-hydroxylation sites is 1. The lowest BCUT2D eigenvalue weighted by molar-refractivity contribution is 0.285. The van der Waals surface area contributed by atoms with E-state index in [4.69, 9.17) is 0 Å². The van der Waals surface area contributed by atoms with Gasteiger partial charge in [-0.05, 0) is 34.9 Å². The SMILES string of the molecule is Cc1ccccc1Nc1c2ccccc2c(CO)c2ccccc12. The number of fused-ring (bicyclic) bond motifs is 2. The van der Waals surface area contributed by atoms with Gasteiger partial charge in [0.05, 0.1) is 12.3 Å². The maximum atomic E-state index is 9.94. The Kier molecular flexibility index (Phi) is 3.68. The van der Waals surface area contributed by atoms with E-state index in [9.17, 15) is 5.11 Å². The zero-order valence-corrected chi connectivity index (χ0v) is 13.6. The largest absolute Gasteiger partial charge is 0.392 e. The highest BCUT2D eigenvalue weighted by molar-refractivity contribution is 6.14. The monoisotopic (exact) mass is 313 g/mol. The molecule has 0 spiro atoms. The van der Waals surface area contributed by atoms with Gasteiger partial charge in [0.15, 0.2) is 0 Å². The summed E-state index contributed by atoms with van der Waals surface area (Å²) in [6.07, 6.45) is 0. The number of hydrogen-bond donors (Lipinski definition) is 2. The second-order valence-corrected chi connectivity index (χ2v) is 6.04. The number of benzene rings is 4. The number of hydrogen-bond acceptors (Lipinski definition) is 2. The van der Waals surface area contributed by atoms with E-state index in [1.54, 1.807) is 0 Å². The third-order valence-electron chi connectivity index (χ3n) is 4.61. The van der Waals surface area contributed by atoms with Gasteiger partial charge >= 0.3 is 0 Å². The number of anilines is 2. The van der Waals surface area contributed by atoms with Crippen LogP contribution in [-0.4, -0.2) is 5.11 Å². The van der Waals surface area contributed by atoms with Crippen molar-refractivity contribution >= 4 is 32.9 Å². The molecule has 4 aromatic carbocycles. The smallest absolute Gasteiger partial charge is 0.0693 e. The molecular formula is C22H19NO. The Morgan fingerprint density at radius 2 is 1.21 bits per heavy atom. The lowest BCUT2D eigenvalue weighted by Gasteiger charge is -2.18. The van der Waals surface area contributed by atoms with Crippen LogP contribution in [0.25, 0.3) is 21.5 Å². The van der Waals surface area contributed by atoms with Gasteiger partial charge in [-0.25, -0.2) is 0 Å². The van der Waals surface area contributed by atoms with Crippen LogP contribution in [0.3, 0.4) is 0 Å². The van der Waals surface area contributed by atoms with E-state index < -0.39 is 0 Å². The molecule has 118 valence electrons. The highest BCUT2D eigenvalue weighted by atomic mass is 16.3. The minimum absolute atomic E-state index is 0.0334. The molecule has 0 unspecified atom stereocenters. The molecule has 0 aliphatic rings. The van der Waals surface area contributed by atoms with Crippen LogP contribution in [0.1, 0.15) is 11.1 Å². The van der Waals surface area contributed by atoms with Gasteiger partial charge in [-0.3, -0.25) is 0 Å². The maximum Gasteiger partial charge on any atom is 0.0693 e. The van der Waals surface area contributed by atoms with Gasteiger partial charge in [0.2, 0.25) is 0 Å². The first-order chi connectivity index (χ1) is 11.8. The normalized spacial score (nSPS) is 11.1. The van der Waals surface area contributed by atoms with Crippen LogP contribution in [0.15, 0.2) is 72.8 Å². The average Bonchev–Trinajstić information content (AvgIpc) is 2.63. The topological polar surface area (TPSA) is 32.3 Å². The van der Waals surface area contributed by atoms with Crippen molar-refractivity contribution in [3.05, 3.63) is 83.9 Å². The summed E-state index contributed by atoms with van der Waals surface area (Å²) in [5.74, 6) is 0. The molecule has 0 amide bonds. The molecule has 2 N–H and O–H groups in total. The second kappa shape index (κ2) is 5.99. The predicted octanol–water partition coefficient (Wildman–Crippen LogP) is 5.54. The van der Waals surface area contributed by atoms with Crippen LogP contribution < -0.4 is 5.32 Å². The third kappa shape index (κ3) is 2.32. The Balaban J connectivity index is 2.07. The fourth-order valence-electron chi connectivity index (χ4n) is 3.37. The quantitative estimate of drug-likeness (QED) is 0.487. The fourth-order valence-corrected chi connectivity index (χ4v) is 3.37. The van der Waals surface area contributed by atoms with Gasteiger partial charge in [0.1, 0.15) is 0 Å². The first kappa shape index (κ1) is 14.7. The summed E-state index contributed by atoms with van der Waals surface area (Å²) in [5, 5.41) is 18.0. The lowest BCUT2D eigenvalue weighted by atomic mass is 9.95. The fraction of sp³-hybridized carbons (Fsp3) is 0.0909. The molecule has 0 aromatic heterocycles. The van der Waals surface area contributed by atoms with Crippen molar-refractivity contribution in [1.82, 2.24) is 0 Å². The molecule has 2 nitrogen and oxygen atoms in total. The highest BCUT2D eigenvalue weighted by Gasteiger charge is 2.13. The van der Waals surface area contributed by atoms with Gasteiger partial charge in [0.25, 0.3) is 0 Å². The maximum absolute atomic E-state index is 9.94. The molecule has 0 heterocycles. The first-order valence-electron chi connectivity index (χ1n) is 8.15. The Hall–Kier alpha value is -2.84. The zero-order chi connectivity index (χ0) is 16.5. The van der Waals surface area contributed by atoms with E-state index in [1.807, 2.05) is 36.4 Å². The number of nitrogens with one attached hydrogen (secondary N) is 1. The van der Waals surface area contributed by atoms with Crippen LogP contribution >= 0.6 is 0 Å². The molecule has 24 heavy (non-hydrogen) atoms. The van der Waals surface area contributed by atoms with E-state index in [0.29, 0.717) is 0 Å². The molecule has 0 radical (unpaired) electrons. The zero-order valence-electron chi connectivity index (χ0n) is 13.6. The summed E-state index contributed by atoms with van der Waals surface area (Å²) >= 11 is 0. The lowest BCUT2D eigenvalue weighted by Crippen LogP contribution is -1.98. The van der Waals surface area contributed by atoms with Gasteiger partial charge in [-0.15, -0.1) is 0 Å². The molecule has 4 aromatic rings. The highest BCUT2D eigenvalue weighted by Crippen LogP contribution is 2.38. The molecule has 0 saturated carbocycles. The predicted molar refractivity (Wildman–Crippen MR) is 102 cm³/mol. The third-order valence-corrected chi connectivity index (χ3v) is 4.61. The molecule has 0 fully saturated rings. The Morgan fingerprint density at radius 3 is 1.75 bits per heavy atom. The van der Waals surface area contributed by atoms with Crippen molar-refractivity contribution in [2.45, 2.75) is 13.5 Å². The molecule has 4 rings (SSSR count). The van der Waals surface area contributed by atoms with Crippen LogP contribution in [-0.2, 0) is 6.61 Å². The summed E-state index contributed by atoms with van der Waals surface area (Å²) in [6, 6.07) is 24.8. The standard InChI is InChI=1S/C22H19NO/c1-15-8-2-7-13-21(15)23-22-18-11-5-3-9-16(18)20(14-24)17-10-4-6-12-19(17)22/h2-13,23-24H,14H2,1H3. The summed E-state index contributed by atoms with van der Waals surface area (Å²) in [5.41, 5.74) is 4.38. The van der Waals surface area contributed by atoms with E-state index in [0.717, 1.165) is 38.5 Å². The van der Waals surface area contributed by atoms with Crippen LogP contribution in [0, 0.1) is 6.92 Å². The van der Waals surface area contributed by atoms with Gasteiger partial charge in [-0.1, -0.05) is 66.7 Å². The van der Waals surface area contributed by atoms with E-state index in [2.05, 4.69) is 48.6 Å². The van der Waals surface area contributed by atoms with Crippen LogP contribution in [0.2, 0.25) is 0 Å². The summed E-state index contributed by atoms with van der Waals surface area (Å²) in [4.78, 5) is 0. The molecule has 2 heteroatoms. The van der Waals surface area contributed by atoms with Crippen molar-refractivity contribution in [2.24, 2.45) is 0 Å². The van der Waals surface area contributed by atoms with Gasteiger partial charge in [0, 0.05) is 16.5 Å². The molecule has 0 atom stereocenters. The van der Waals surface area contributed by atoms with Crippen molar-refractivity contribution in [3.63, 3.8) is 0 Å². The van der Waals surface area contributed by atoms with E-state index in [1.165, 1.54) is 5.56 Å². The minimum atomic E-state index is 0.0334. The molecule has 0 aliphatic heterocycles.